The number of carbonyl (C=O) groups excluding carboxylic acids is 1. The molecule has 0 aliphatic heterocycles. The van der Waals surface area contributed by atoms with Crippen molar-refractivity contribution < 1.29 is 22.3 Å². The summed E-state index contributed by atoms with van der Waals surface area (Å²) in [4.78, 5) is 12.5. The number of nitrogens with zero attached hydrogens (tertiary/aromatic N) is 2. The van der Waals surface area contributed by atoms with E-state index in [2.05, 4.69) is 5.32 Å². The molecule has 2 aromatic carbocycles. The van der Waals surface area contributed by atoms with Gasteiger partial charge in [0.1, 0.15) is 24.7 Å². The normalized spacial score (nSPS) is 12.5. The highest BCUT2D eigenvalue weighted by Crippen LogP contribution is 2.22. The maximum absolute atomic E-state index is 14.2. The lowest BCUT2D eigenvalue weighted by atomic mass is 10.2. The summed E-state index contributed by atoms with van der Waals surface area (Å²) in [7, 11) is -1.43. The van der Waals surface area contributed by atoms with Gasteiger partial charge in [0.15, 0.2) is 0 Å². The first-order valence-corrected chi connectivity index (χ1v) is 10.4. The molecule has 9 heteroatoms. The van der Waals surface area contributed by atoms with Gasteiger partial charge in [-0.15, -0.1) is 0 Å². The summed E-state index contributed by atoms with van der Waals surface area (Å²) in [5.74, 6) is -0.599. The molecular weight excluding hydrogens is 397 g/mol. The Bertz CT molecular complexity index is 950. The molecule has 0 aliphatic carbocycles. The Hall–Kier alpha value is -2.65. The van der Waals surface area contributed by atoms with E-state index in [9.17, 15) is 17.6 Å². The summed E-state index contributed by atoms with van der Waals surface area (Å²) in [5.41, 5.74) is 0.772. The van der Waals surface area contributed by atoms with Crippen LogP contribution in [0.1, 0.15) is 12.5 Å². The number of amides is 1. The summed E-state index contributed by atoms with van der Waals surface area (Å²) in [6.07, 6.45) is 0. The fraction of sp³-hybridized carbons (Fsp3) is 0.350. The largest absolute Gasteiger partial charge is 0.491 e. The third kappa shape index (κ3) is 5.91. The molecule has 1 N–H and O–H groups in total. The van der Waals surface area contributed by atoms with Crippen molar-refractivity contribution in [2.24, 2.45) is 0 Å². The number of ether oxygens (including phenoxy) is 1. The summed E-state index contributed by atoms with van der Waals surface area (Å²) in [6.45, 7) is 3.30. The van der Waals surface area contributed by atoms with E-state index in [1.807, 2.05) is 31.2 Å². The Balaban J connectivity index is 2.08. The molecule has 0 fully saturated rings. The number of hydrogen-bond acceptors (Lipinski definition) is 4. The van der Waals surface area contributed by atoms with Crippen LogP contribution in [-0.4, -0.2) is 51.9 Å². The first kappa shape index (κ1) is 22.6. The lowest BCUT2D eigenvalue weighted by Gasteiger charge is -2.27. The van der Waals surface area contributed by atoms with E-state index in [1.54, 1.807) is 6.92 Å². The Morgan fingerprint density at radius 3 is 2.38 bits per heavy atom. The third-order valence-electron chi connectivity index (χ3n) is 4.14. The van der Waals surface area contributed by atoms with Crippen LogP contribution >= 0.6 is 0 Å². The van der Waals surface area contributed by atoms with Crippen molar-refractivity contribution in [1.82, 2.24) is 9.62 Å². The molecule has 0 radical (unpaired) electrons. The Labute approximate surface area is 171 Å². The van der Waals surface area contributed by atoms with Crippen molar-refractivity contribution in [3.05, 3.63) is 59.9 Å². The molecule has 0 heterocycles. The highest BCUT2D eigenvalue weighted by atomic mass is 32.2. The molecular formula is C20H26FN3O4S. The zero-order valence-electron chi connectivity index (χ0n) is 16.9. The SMILES string of the molecule is Cc1ccccc1OC[C@@H](C)NC(=O)CN(c1ccccc1F)S(=O)(=O)N(C)C. The van der Waals surface area contributed by atoms with Gasteiger partial charge in [0, 0.05) is 14.1 Å². The highest BCUT2D eigenvalue weighted by Gasteiger charge is 2.29. The maximum Gasteiger partial charge on any atom is 0.304 e. The molecule has 0 saturated carbocycles. The number of aryl methyl sites for hydroxylation is 1. The predicted octanol–water partition coefficient (Wildman–Crippen LogP) is 2.33. The molecule has 29 heavy (non-hydrogen) atoms. The van der Waals surface area contributed by atoms with Crippen LogP contribution in [-0.2, 0) is 15.0 Å². The van der Waals surface area contributed by atoms with E-state index in [1.165, 1.54) is 32.3 Å². The zero-order valence-corrected chi connectivity index (χ0v) is 17.7. The topological polar surface area (TPSA) is 79.0 Å². The van der Waals surface area contributed by atoms with Gasteiger partial charge in [-0.3, -0.25) is 4.79 Å². The van der Waals surface area contributed by atoms with E-state index >= 15 is 0 Å². The number of rotatable bonds is 9. The van der Waals surface area contributed by atoms with Crippen molar-refractivity contribution in [3.63, 3.8) is 0 Å². The monoisotopic (exact) mass is 423 g/mol. The van der Waals surface area contributed by atoms with Gasteiger partial charge >= 0.3 is 10.2 Å². The first-order valence-electron chi connectivity index (χ1n) is 9.05. The lowest BCUT2D eigenvalue weighted by Crippen LogP contribution is -2.48. The molecule has 0 spiro atoms. The summed E-state index contributed by atoms with van der Waals surface area (Å²) in [5, 5.41) is 2.69. The van der Waals surface area contributed by atoms with E-state index in [-0.39, 0.29) is 18.3 Å². The molecule has 2 aromatic rings. The van der Waals surface area contributed by atoms with Gasteiger partial charge in [0.2, 0.25) is 5.91 Å². The third-order valence-corrected chi connectivity index (χ3v) is 5.94. The Morgan fingerprint density at radius 2 is 1.76 bits per heavy atom. The highest BCUT2D eigenvalue weighted by molar-refractivity contribution is 7.90. The predicted molar refractivity (Wildman–Crippen MR) is 111 cm³/mol. The second-order valence-corrected chi connectivity index (χ2v) is 8.86. The van der Waals surface area contributed by atoms with Gasteiger partial charge < -0.3 is 10.1 Å². The number of hydrogen-bond donors (Lipinski definition) is 1. The molecule has 158 valence electrons. The van der Waals surface area contributed by atoms with Crippen molar-refractivity contribution >= 4 is 21.8 Å². The van der Waals surface area contributed by atoms with Gasteiger partial charge in [0.25, 0.3) is 0 Å². The van der Waals surface area contributed by atoms with Crippen LogP contribution in [0.2, 0.25) is 0 Å². The molecule has 2 rings (SSSR count). The van der Waals surface area contributed by atoms with Crippen LogP contribution in [0.5, 0.6) is 5.75 Å². The van der Waals surface area contributed by atoms with Gasteiger partial charge in [0.05, 0.1) is 11.7 Å². The number of para-hydroxylation sites is 2. The maximum atomic E-state index is 14.2. The van der Waals surface area contributed by atoms with E-state index < -0.39 is 28.5 Å². The standard InChI is InChI=1S/C20H26FN3O4S/c1-15-9-5-8-12-19(15)28-14-16(2)22-20(25)13-24(29(26,27)23(3)4)18-11-7-6-10-17(18)21/h5-12,16H,13-14H2,1-4H3,(H,22,25)/t16-/m1/s1. The van der Waals surface area contributed by atoms with Crippen LogP contribution in [0, 0.1) is 12.7 Å². The molecule has 0 aliphatic rings. The van der Waals surface area contributed by atoms with E-state index in [4.69, 9.17) is 4.74 Å². The second kappa shape index (κ2) is 9.71. The number of benzene rings is 2. The van der Waals surface area contributed by atoms with Crippen molar-refractivity contribution in [2.45, 2.75) is 19.9 Å². The fourth-order valence-corrected chi connectivity index (χ4v) is 3.64. The van der Waals surface area contributed by atoms with Gasteiger partial charge in [-0.1, -0.05) is 30.3 Å². The van der Waals surface area contributed by atoms with E-state index in [0.29, 0.717) is 5.75 Å². The number of anilines is 1. The number of nitrogens with one attached hydrogen (secondary N) is 1. The minimum atomic E-state index is -4.07. The molecule has 0 bridgehead atoms. The Kier molecular flexibility index (Phi) is 7.58. The van der Waals surface area contributed by atoms with Gasteiger partial charge in [-0.2, -0.15) is 12.7 Å². The summed E-state index contributed by atoms with van der Waals surface area (Å²) in [6, 6.07) is 12.5. The average Bonchev–Trinajstić information content (AvgIpc) is 2.66. The fourth-order valence-electron chi connectivity index (χ4n) is 2.57. The van der Waals surface area contributed by atoms with Crippen LogP contribution in [0.4, 0.5) is 10.1 Å². The van der Waals surface area contributed by atoms with E-state index in [0.717, 1.165) is 20.2 Å². The molecule has 0 unspecified atom stereocenters. The number of halogens is 1. The van der Waals surface area contributed by atoms with Gasteiger partial charge in [-0.05, 0) is 37.6 Å². The zero-order chi connectivity index (χ0) is 21.6. The van der Waals surface area contributed by atoms with Crippen molar-refractivity contribution in [2.75, 3.05) is 31.6 Å². The minimum Gasteiger partial charge on any atom is -0.491 e. The smallest absolute Gasteiger partial charge is 0.304 e. The molecule has 0 aromatic heterocycles. The van der Waals surface area contributed by atoms with Crippen LogP contribution in [0.15, 0.2) is 48.5 Å². The Morgan fingerprint density at radius 1 is 1.14 bits per heavy atom. The molecule has 1 amide bonds. The molecule has 0 saturated heterocycles. The van der Waals surface area contributed by atoms with Crippen molar-refractivity contribution in [1.29, 1.82) is 0 Å². The molecule has 7 nitrogen and oxygen atoms in total. The van der Waals surface area contributed by atoms with Gasteiger partial charge in [-0.25, -0.2) is 8.70 Å². The average molecular weight is 424 g/mol. The summed E-state index contributed by atoms with van der Waals surface area (Å²) >= 11 is 0. The van der Waals surface area contributed by atoms with Crippen molar-refractivity contribution in [3.8, 4) is 5.75 Å². The summed E-state index contributed by atoms with van der Waals surface area (Å²) < 4.78 is 46.9. The number of carbonyl (C=O) groups is 1. The quantitative estimate of drug-likeness (QED) is 0.672. The first-order chi connectivity index (χ1) is 13.6. The second-order valence-electron chi connectivity index (χ2n) is 6.79. The van der Waals surface area contributed by atoms with Crippen LogP contribution in [0.3, 0.4) is 0 Å². The van der Waals surface area contributed by atoms with Crippen LogP contribution in [0.25, 0.3) is 0 Å². The minimum absolute atomic E-state index is 0.194. The molecule has 1 atom stereocenters. The van der Waals surface area contributed by atoms with Crippen LogP contribution < -0.4 is 14.4 Å². The lowest BCUT2D eigenvalue weighted by molar-refractivity contribution is -0.120.